The first-order valence-corrected chi connectivity index (χ1v) is 5.65. The minimum absolute atomic E-state index is 0.137. The summed E-state index contributed by atoms with van der Waals surface area (Å²) in [5.41, 5.74) is 6.52. The molecule has 0 saturated heterocycles. The molecule has 0 saturated carbocycles. The Morgan fingerprint density at radius 3 is 2.88 bits per heavy atom. The van der Waals surface area contributed by atoms with E-state index < -0.39 is 0 Å². The molecule has 1 unspecified atom stereocenters. The number of benzene rings is 1. The normalized spacial score (nSPS) is 12.7. The Hall–Kier alpha value is -1.20. The van der Waals surface area contributed by atoms with Gasteiger partial charge < -0.3 is 5.73 Å². The predicted octanol–water partition coefficient (Wildman–Crippen LogP) is 2.33. The molecule has 0 aliphatic heterocycles. The van der Waals surface area contributed by atoms with Crippen molar-refractivity contribution in [1.29, 1.82) is 0 Å². The third kappa shape index (κ3) is 2.31. The van der Waals surface area contributed by atoms with Crippen LogP contribution in [0.3, 0.4) is 0 Å². The molecule has 84 valence electrons. The number of aromatic nitrogens is 2. The van der Waals surface area contributed by atoms with Crippen LogP contribution in [0.25, 0.3) is 0 Å². The van der Waals surface area contributed by atoms with Crippen LogP contribution in [0.15, 0.2) is 41.1 Å². The Kier molecular flexibility index (Phi) is 3.36. The summed E-state index contributed by atoms with van der Waals surface area (Å²) >= 11 is 3.32. The third-order valence-corrected chi connectivity index (χ3v) is 2.76. The van der Waals surface area contributed by atoms with Gasteiger partial charge in [-0.1, -0.05) is 12.1 Å². The summed E-state index contributed by atoms with van der Waals surface area (Å²) in [7, 11) is 0. The van der Waals surface area contributed by atoms with Crippen molar-refractivity contribution in [3.05, 3.63) is 52.5 Å². The highest BCUT2D eigenvalue weighted by Gasteiger charge is 2.13. The van der Waals surface area contributed by atoms with E-state index in [-0.39, 0.29) is 11.9 Å². The third-order valence-electron chi connectivity index (χ3n) is 2.35. The molecule has 5 heteroatoms. The second kappa shape index (κ2) is 4.76. The van der Waals surface area contributed by atoms with E-state index in [4.69, 9.17) is 5.73 Å². The van der Waals surface area contributed by atoms with Gasteiger partial charge in [0.1, 0.15) is 5.82 Å². The molecule has 0 fully saturated rings. The van der Waals surface area contributed by atoms with Crippen LogP contribution < -0.4 is 5.73 Å². The van der Waals surface area contributed by atoms with E-state index in [0.717, 1.165) is 10.0 Å². The molecule has 0 spiro atoms. The van der Waals surface area contributed by atoms with Gasteiger partial charge in [-0.3, -0.25) is 4.68 Å². The number of hydrogen-bond acceptors (Lipinski definition) is 2. The van der Waals surface area contributed by atoms with Crippen LogP contribution in [0.2, 0.25) is 0 Å². The first-order chi connectivity index (χ1) is 7.70. The molecule has 2 aromatic rings. The Bertz CT molecular complexity index is 484. The maximum Gasteiger partial charge on any atom is 0.123 e. The Morgan fingerprint density at radius 2 is 2.31 bits per heavy atom. The fourth-order valence-electron chi connectivity index (χ4n) is 1.60. The van der Waals surface area contributed by atoms with E-state index in [1.54, 1.807) is 16.9 Å². The lowest BCUT2D eigenvalue weighted by atomic mass is 10.1. The number of nitrogens with zero attached hydrogens (tertiary/aromatic N) is 2. The van der Waals surface area contributed by atoms with Crippen LogP contribution in [0.5, 0.6) is 0 Å². The molecule has 0 aliphatic carbocycles. The number of halogens is 2. The molecule has 0 amide bonds. The van der Waals surface area contributed by atoms with Crippen molar-refractivity contribution in [2.24, 2.45) is 5.73 Å². The zero-order valence-electron chi connectivity index (χ0n) is 8.48. The summed E-state index contributed by atoms with van der Waals surface area (Å²) in [6, 6.07) is 6.27. The minimum Gasteiger partial charge on any atom is -0.328 e. The lowest BCUT2D eigenvalue weighted by Gasteiger charge is -2.15. The van der Waals surface area contributed by atoms with E-state index in [2.05, 4.69) is 21.0 Å². The van der Waals surface area contributed by atoms with Crippen LogP contribution in [0, 0.1) is 5.82 Å². The van der Waals surface area contributed by atoms with Crippen molar-refractivity contribution in [2.75, 3.05) is 6.54 Å². The maximum absolute atomic E-state index is 13.1. The van der Waals surface area contributed by atoms with E-state index in [1.165, 1.54) is 12.1 Å². The first-order valence-electron chi connectivity index (χ1n) is 4.86. The second-order valence-electron chi connectivity index (χ2n) is 3.45. The first kappa shape index (κ1) is 11.3. The molecule has 2 N–H and O–H groups in total. The van der Waals surface area contributed by atoms with E-state index in [0.29, 0.717) is 6.54 Å². The summed E-state index contributed by atoms with van der Waals surface area (Å²) < 4.78 is 15.7. The summed E-state index contributed by atoms with van der Waals surface area (Å²) in [6.07, 6.45) is 3.50. The van der Waals surface area contributed by atoms with E-state index in [9.17, 15) is 4.39 Å². The number of nitrogens with two attached hydrogens (primary N) is 1. The van der Waals surface area contributed by atoms with E-state index in [1.807, 2.05) is 12.3 Å². The van der Waals surface area contributed by atoms with Gasteiger partial charge in [-0.2, -0.15) is 5.10 Å². The molecule has 1 aromatic carbocycles. The monoisotopic (exact) mass is 283 g/mol. The van der Waals surface area contributed by atoms with Gasteiger partial charge in [-0.25, -0.2) is 4.39 Å². The van der Waals surface area contributed by atoms with Crippen molar-refractivity contribution in [2.45, 2.75) is 6.04 Å². The van der Waals surface area contributed by atoms with Gasteiger partial charge in [0.15, 0.2) is 0 Å². The number of hydrogen-bond donors (Lipinski definition) is 1. The van der Waals surface area contributed by atoms with Gasteiger partial charge in [0, 0.05) is 12.7 Å². The van der Waals surface area contributed by atoms with Crippen molar-refractivity contribution < 1.29 is 4.39 Å². The van der Waals surface area contributed by atoms with Gasteiger partial charge in [-0.15, -0.1) is 0 Å². The Balaban J connectivity index is 2.36. The van der Waals surface area contributed by atoms with Crippen LogP contribution in [-0.2, 0) is 0 Å². The second-order valence-corrected chi connectivity index (χ2v) is 4.36. The molecule has 1 aromatic heterocycles. The molecule has 2 rings (SSSR count). The largest absolute Gasteiger partial charge is 0.328 e. The smallest absolute Gasteiger partial charge is 0.123 e. The molecular weight excluding hydrogens is 273 g/mol. The highest BCUT2D eigenvalue weighted by molar-refractivity contribution is 9.10. The standard InChI is InChI=1S/C11H11BrFN3/c12-9-6-15-16(7-9)11(5-14)8-2-1-3-10(13)4-8/h1-4,6-7,11H,5,14H2. The molecule has 16 heavy (non-hydrogen) atoms. The minimum atomic E-state index is -0.262. The topological polar surface area (TPSA) is 43.8 Å². The number of rotatable bonds is 3. The van der Waals surface area contributed by atoms with Crippen LogP contribution >= 0.6 is 15.9 Å². The van der Waals surface area contributed by atoms with Gasteiger partial charge in [0.25, 0.3) is 0 Å². The molecule has 3 nitrogen and oxygen atoms in total. The summed E-state index contributed by atoms with van der Waals surface area (Å²) in [6.45, 7) is 0.373. The average molecular weight is 284 g/mol. The van der Waals surface area contributed by atoms with Crippen LogP contribution in [0.1, 0.15) is 11.6 Å². The average Bonchev–Trinajstić information content (AvgIpc) is 2.66. The lowest BCUT2D eigenvalue weighted by molar-refractivity contribution is 0.526. The van der Waals surface area contributed by atoms with Crippen molar-refractivity contribution in [1.82, 2.24) is 9.78 Å². The SMILES string of the molecule is NCC(c1cccc(F)c1)n1cc(Br)cn1. The lowest BCUT2D eigenvalue weighted by Crippen LogP contribution is -2.20. The molecule has 0 aliphatic rings. The maximum atomic E-state index is 13.1. The van der Waals surface area contributed by atoms with E-state index >= 15 is 0 Å². The summed E-state index contributed by atoms with van der Waals surface area (Å²) in [4.78, 5) is 0. The zero-order valence-corrected chi connectivity index (χ0v) is 10.1. The van der Waals surface area contributed by atoms with Gasteiger partial charge in [0.05, 0.1) is 16.7 Å². The van der Waals surface area contributed by atoms with Crippen LogP contribution in [0.4, 0.5) is 4.39 Å². The van der Waals surface area contributed by atoms with Crippen molar-refractivity contribution >= 4 is 15.9 Å². The summed E-state index contributed by atoms with van der Waals surface area (Å²) in [5.74, 6) is -0.262. The molecule has 1 atom stereocenters. The molecule has 0 radical (unpaired) electrons. The fourth-order valence-corrected chi connectivity index (χ4v) is 1.90. The van der Waals surface area contributed by atoms with Gasteiger partial charge in [0.2, 0.25) is 0 Å². The molecule has 1 heterocycles. The van der Waals surface area contributed by atoms with Crippen molar-refractivity contribution in [3.63, 3.8) is 0 Å². The van der Waals surface area contributed by atoms with Crippen LogP contribution in [-0.4, -0.2) is 16.3 Å². The highest BCUT2D eigenvalue weighted by atomic mass is 79.9. The molecular formula is C11H11BrFN3. The fraction of sp³-hybridized carbons (Fsp3) is 0.182. The molecule has 0 bridgehead atoms. The van der Waals surface area contributed by atoms with Gasteiger partial charge >= 0.3 is 0 Å². The zero-order chi connectivity index (χ0) is 11.5. The summed E-state index contributed by atoms with van der Waals surface area (Å²) in [5, 5.41) is 4.16. The Labute approximate surface area is 101 Å². The van der Waals surface area contributed by atoms with Crippen molar-refractivity contribution in [3.8, 4) is 0 Å². The highest BCUT2D eigenvalue weighted by Crippen LogP contribution is 2.19. The van der Waals surface area contributed by atoms with Gasteiger partial charge in [-0.05, 0) is 33.6 Å². The quantitative estimate of drug-likeness (QED) is 0.940. The Morgan fingerprint density at radius 1 is 1.50 bits per heavy atom. The predicted molar refractivity (Wildman–Crippen MR) is 63.5 cm³/mol.